The summed E-state index contributed by atoms with van der Waals surface area (Å²) in [5.74, 6) is -0.446. The lowest BCUT2D eigenvalue weighted by Crippen LogP contribution is -2.33. The monoisotopic (exact) mass is 425 g/mol. The summed E-state index contributed by atoms with van der Waals surface area (Å²) in [4.78, 5) is 11.7. The molecule has 0 aliphatic rings. The van der Waals surface area contributed by atoms with Crippen LogP contribution in [0.4, 0.5) is 0 Å². The van der Waals surface area contributed by atoms with E-state index in [2.05, 4.69) is 20.7 Å². The van der Waals surface area contributed by atoms with E-state index in [1.54, 1.807) is 24.3 Å². The zero-order valence-electron chi connectivity index (χ0n) is 14.1. The summed E-state index contributed by atoms with van der Waals surface area (Å²) >= 11 is 3.39. The zero-order valence-corrected chi connectivity index (χ0v) is 16.5. The second-order valence-corrected chi connectivity index (χ2v) is 8.46. The predicted octanol–water partition coefficient (Wildman–Crippen LogP) is 3.51. The van der Waals surface area contributed by atoms with Crippen molar-refractivity contribution in [1.29, 1.82) is 0 Å². The molecule has 25 heavy (non-hydrogen) atoms. The SMILES string of the molecule is COC(=O)CCN(Cc1cccc(Br)c1)S(=O)(=O)c1ccc(C)cc1. The summed E-state index contributed by atoms with van der Waals surface area (Å²) in [7, 11) is -2.44. The quantitative estimate of drug-likeness (QED) is 0.636. The molecule has 0 atom stereocenters. The molecule has 0 saturated heterocycles. The maximum atomic E-state index is 13.0. The largest absolute Gasteiger partial charge is 0.469 e. The molecule has 0 saturated carbocycles. The summed E-state index contributed by atoms with van der Waals surface area (Å²) in [6, 6.07) is 14.1. The van der Waals surface area contributed by atoms with Crippen LogP contribution in [-0.2, 0) is 26.1 Å². The van der Waals surface area contributed by atoms with Crippen molar-refractivity contribution in [3.8, 4) is 0 Å². The number of rotatable bonds is 7. The highest BCUT2D eigenvalue weighted by atomic mass is 79.9. The molecular weight excluding hydrogens is 406 g/mol. The number of nitrogens with zero attached hydrogens (tertiary/aromatic N) is 1. The van der Waals surface area contributed by atoms with E-state index in [0.717, 1.165) is 15.6 Å². The van der Waals surface area contributed by atoms with Crippen molar-refractivity contribution < 1.29 is 17.9 Å². The molecule has 2 rings (SSSR count). The van der Waals surface area contributed by atoms with Crippen LogP contribution < -0.4 is 0 Å². The van der Waals surface area contributed by atoms with Gasteiger partial charge in [0.05, 0.1) is 18.4 Å². The molecular formula is C18H20BrNO4S. The minimum Gasteiger partial charge on any atom is -0.469 e. The third-order valence-electron chi connectivity index (χ3n) is 3.70. The van der Waals surface area contributed by atoms with Crippen LogP contribution in [0.25, 0.3) is 0 Å². The Labute approximate surface area is 156 Å². The van der Waals surface area contributed by atoms with Crippen LogP contribution in [0, 0.1) is 6.92 Å². The van der Waals surface area contributed by atoms with Gasteiger partial charge in [0.2, 0.25) is 10.0 Å². The molecule has 0 aromatic heterocycles. The average molecular weight is 426 g/mol. The number of aryl methyl sites for hydroxylation is 1. The first-order valence-electron chi connectivity index (χ1n) is 7.71. The summed E-state index contributed by atoms with van der Waals surface area (Å²) < 4.78 is 32.8. The lowest BCUT2D eigenvalue weighted by atomic mass is 10.2. The molecule has 7 heteroatoms. The third kappa shape index (κ3) is 5.39. The summed E-state index contributed by atoms with van der Waals surface area (Å²) in [5.41, 5.74) is 1.81. The van der Waals surface area contributed by atoms with Crippen molar-refractivity contribution in [3.63, 3.8) is 0 Å². The predicted molar refractivity (Wildman–Crippen MR) is 99.5 cm³/mol. The second-order valence-electron chi connectivity index (χ2n) is 5.61. The first-order chi connectivity index (χ1) is 11.8. The standard InChI is InChI=1S/C18H20BrNO4S/c1-14-6-8-17(9-7-14)25(22,23)20(11-10-18(21)24-2)13-15-4-3-5-16(19)12-15/h3-9,12H,10-11,13H2,1-2H3. The molecule has 134 valence electrons. The lowest BCUT2D eigenvalue weighted by Gasteiger charge is -2.22. The number of sulfonamides is 1. The number of benzene rings is 2. The van der Waals surface area contributed by atoms with Crippen LogP contribution >= 0.6 is 15.9 Å². The van der Waals surface area contributed by atoms with Gasteiger partial charge in [-0.3, -0.25) is 4.79 Å². The molecule has 0 bridgehead atoms. The molecule has 0 amide bonds. The maximum absolute atomic E-state index is 13.0. The first kappa shape index (κ1) is 19.6. The Morgan fingerprint density at radius 1 is 1.16 bits per heavy atom. The Bertz CT molecular complexity index is 834. The number of carbonyl (C=O) groups excluding carboxylic acids is 1. The van der Waals surface area contributed by atoms with Crippen LogP contribution in [0.15, 0.2) is 57.9 Å². The van der Waals surface area contributed by atoms with Crippen molar-refractivity contribution in [2.45, 2.75) is 24.8 Å². The molecule has 2 aromatic carbocycles. The van der Waals surface area contributed by atoms with Gasteiger partial charge in [0.1, 0.15) is 0 Å². The Morgan fingerprint density at radius 2 is 1.84 bits per heavy atom. The van der Waals surface area contributed by atoms with Crippen LogP contribution in [-0.4, -0.2) is 32.3 Å². The van der Waals surface area contributed by atoms with Crippen molar-refractivity contribution in [2.75, 3.05) is 13.7 Å². The number of hydrogen-bond acceptors (Lipinski definition) is 4. The van der Waals surface area contributed by atoms with Crippen LogP contribution in [0.3, 0.4) is 0 Å². The minimum absolute atomic E-state index is 0.00437. The highest BCUT2D eigenvalue weighted by molar-refractivity contribution is 9.10. The van der Waals surface area contributed by atoms with Gasteiger partial charge in [-0.15, -0.1) is 0 Å². The highest BCUT2D eigenvalue weighted by Gasteiger charge is 2.25. The topological polar surface area (TPSA) is 63.7 Å². The summed E-state index contributed by atoms with van der Waals surface area (Å²) in [6.07, 6.45) is -0.00437. The Balaban J connectivity index is 2.32. The van der Waals surface area contributed by atoms with Gasteiger partial charge >= 0.3 is 5.97 Å². The van der Waals surface area contributed by atoms with Gasteiger partial charge in [-0.25, -0.2) is 8.42 Å². The van der Waals surface area contributed by atoms with Crippen LogP contribution in [0.5, 0.6) is 0 Å². The van der Waals surface area contributed by atoms with Gasteiger partial charge in [-0.05, 0) is 36.8 Å². The second kappa shape index (κ2) is 8.60. The molecule has 0 fully saturated rings. The van der Waals surface area contributed by atoms with E-state index in [4.69, 9.17) is 0 Å². The number of esters is 1. The molecule has 0 N–H and O–H groups in total. The third-order valence-corrected chi connectivity index (χ3v) is 6.05. The molecule has 0 spiro atoms. The molecule has 0 radical (unpaired) electrons. The summed E-state index contributed by atoms with van der Waals surface area (Å²) in [6.45, 7) is 2.12. The Hall–Kier alpha value is -1.70. The molecule has 0 aliphatic heterocycles. The van der Waals surface area contributed by atoms with Crippen molar-refractivity contribution in [1.82, 2.24) is 4.31 Å². The van der Waals surface area contributed by atoms with E-state index in [1.807, 2.05) is 31.2 Å². The molecule has 0 aliphatic carbocycles. The summed E-state index contributed by atoms with van der Waals surface area (Å²) in [5, 5.41) is 0. The van der Waals surface area contributed by atoms with Gasteiger partial charge < -0.3 is 4.74 Å². The number of hydrogen-bond donors (Lipinski definition) is 0. The van der Waals surface area contributed by atoms with E-state index in [1.165, 1.54) is 11.4 Å². The van der Waals surface area contributed by atoms with E-state index >= 15 is 0 Å². The van der Waals surface area contributed by atoms with Crippen LogP contribution in [0.2, 0.25) is 0 Å². The Kier molecular flexibility index (Phi) is 6.75. The van der Waals surface area contributed by atoms with Gasteiger partial charge in [-0.1, -0.05) is 45.8 Å². The van der Waals surface area contributed by atoms with E-state index < -0.39 is 16.0 Å². The fraction of sp³-hybridized carbons (Fsp3) is 0.278. The van der Waals surface area contributed by atoms with Gasteiger partial charge in [0.15, 0.2) is 0 Å². The number of carbonyl (C=O) groups is 1. The van der Waals surface area contributed by atoms with Crippen LogP contribution in [0.1, 0.15) is 17.5 Å². The average Bonchev–Trinajstić information content (AvgIpc) is 2.58. The fourth-order valence-electron chi connectivity index (χ4n) is 2.30. The fourth-order valence-corrected chi connectivity index (χ4v) is 4.18. The van der Waals surface area contributed by atoms with E-state index in [0.29, 0.717) is 0 Å². The van der Waals surface area contributed by atoms with Crippen molar-refractivity contribution in [3.05, 3.63) is 64.1 Å². The Morgan fingerprint density at radius 3 is 2.44 bits per heavy atom. The van der Waals surface area contributed by atoms with Gasteiger partial charge in [0.25, 0.3) is 0 Å². The van der Waals surface area contributed by atoms with Gasteiger partial charge in [0, 0.05) is 17.6 Å². The molecule has 0 unspecified atom stereocenters. The van der Waals surface area contributed by atoms with Crippen molar-refractivity contribution >= 4 is 31.9 Å². The smallest absolute Gasteiger partial charge is 0.306 e. The first-order valence-corrected chi connectivity index (χ1v) is 9.94. The minimum atomic E-state index is -3.72. The molecule has 2 aromatic rings. The highest BCUT2D eigenvalue weighted by Crippen LogP contribution is 2.21. The zero-order chi connectivity index (χ0) is 18.4. The number of halogens is 1. The molecule has 0 heterocycles. The van der Waals surface area contributed by atoms with Crippen molar-refractivity contribution in [2.24, 2.45) is 0 Å². The maximum Gasteiger partial charge on any atom is 0.306 e. The normalized spacial score (nSPS) is 11.5. The lowest BCUT2D eigenvalue weighted by molar-refractivity contribution is -0.140. The van der Waals surface area contributed by atoms with E-state index in [9.17, 15) is 13.2 Å². The van der Waals surface area contributed by atoms with E-state index in [-0.39, 0.29) is 24.4 Å². The van der Waals surface area contributed by atoms with Gasteiger partial charge in [-0.2, -0.15) is 4.31 Å². The number of ether oxygens (including phenoxy) is 1. The molecule has 5 nitrogen and oxygen atoms in total. The number of methoxy groups -OCH3 is 1.